The Kier molecular flexibility index (Phi) is 2.13. The van der Waals surface area contributed by atoms with Crippen LogP contribution in [0.5, 0.6) is 0 Å². The molecule has 0 spiro atoms. The van der Waals surface area contributed by atoms with E-state index in [4.69, 9.17) is 4.52 Å². The van der Waals surface area contributed by atoms with Crippen molar-refractivity contribution in [3.8, 4) is 0 Å². The maximum atomic E-state index is 10.7. The van der Waals surface area contributed by atoms with Crippen LogP contribution in [0, 0.1) is 0 Å². The number of nitrogens with zero attached hydrogens (tertiary/aromatic N) is 2. The molecule has 0 unspecified atom stereocenters. The molecule has 1 aliphatic carbocycles. The lowest BCUT2D eigenvalue weighted by Crippen LogP contribution is -2.02. The minimum atomic E-state index is 0.151. The van der Waals surface area contributed by atoms with E-state index in [1.165, 1.54) is 0 Å². The summed E-state index contributed by atoms with van der Waals surface area (Å²) in [6.07, 6.45) is 3.33. The highest BCUT2D eigenvalue weighted by Gasteiger charge is 2.43. The number of hydrogen-bond donors (Lipinski definition) is 0. The molecule has 2 rings (SSSR count). The average Bonchev–Trinajstić information content (AvgIpc) is 2.70. The number of carbonyl (C=O) groups excluding carboxylic acids is 1. The average molecular weight is 194 g/mol. The number of aromatic nitrogens is 2. The maximum Gasteiger partial charge on any atom is 0.227 e. The summed E-state index contributed by atoms with van der Waals surface area (Å²) in [6.45, 7) is 3.70. The molecule has 0 amide bonds. The molecule has 0 saturated heterocycles. The van der Waals surface area contributed by atoms with Gasteiger partial charge in [0.25, 0.3) is 0 Å². The predicted octanol–water partition coefficient (Wildman–Crippen LogP) is 1.64. The molecule has 0 atom stereocenters. The van der Waals surface area contributed by atoms with E-state index in [1.54, 1.807) is 6.92 Å². The normalized spacial score (nSPS) is 18.1. The molecule has 4 nitrogen and oxygen atoms in total. The lowest BCUT2D eigenvalue weighted by Gasteiger charge is -1.96. The summed E-state index contributed by atoms with van der Waals surface area (Å²) in [7, 11) is 0. The molecule has 1 aliphatic rings. The quantitative estimate of drug-likeness (QED) is 0.731. The topological polar surface area (TPSA) is 56.0 Å². The van der Waals surface area contributed by atoms with Crippen LogP contribution in [-0.4, -0.2) is 15.9 Å². The van der Waals surface area contributed by atoms with Gasteiger partial charge < -0.3 is 9.32 Å². The molecular formula is C10H14N2O2. The van der Waals surface area contributed by atoms with Gasteiger partial charge in [0, 0.05) is 18.3 Å². The lowest BCUT2D eigenvalue weighted by atomic mass is 10.1. The van der Waals surface area contributed by atoms with E-state index in [1.807, 2.05) is 0 Å². The van der Waals surface area contributed by atoms with E-state index in [2.05, 4.69) is 17.1 Å². The Bertz CT molecular complexity index is 353. The molecule has 1 fully saturated rings. The summed E-state index contributed by atoms with van der Waals surface area (Å²) in [4.78, 5) is 15.0. The molecule has 0 aromatic carbocycles. The van der Waals surface area contributed by atoms with Crippen molar-refractivity contribution in [2.24, 2.45) is 0 Å². The van der Waals surface area contributed by atoms with Gasteiger partial charge in [0.1, 0.15) is 5.78 Å². The number of Topliss-reactive ketones (excluding diaryl/α,β-unsaturated/α-hetero) is 1. The molecule has 0 radical (unpaired) electrons. The van der Waals surface area contributed by atoms with E-state index in [0.29, 0.717) is 18.7 Å². The largest absolute Gasteiger partial charge is 0.339 e. The van der Waals surface area contributed by atoms with Gasteiger partial charge in [-0.25, -0.2) is 0 Å². The van der Waals surface area contributed by atoms with Gasteiger partial charge in [0.2, 0.25) is 5.89 Å². The first-order valence-corrected chi connectivity index (χ1v) is 4.93. The van der Waals surface area contributed by atoms with Crippen LogP contribution in [0.4, 0.5) is 0 Å². The smallest absolute Gasteiger partial charge is 0.227 e. The van der Waals surface area contributed by atoms with Crippen LogP contribution < -0.4 is 0 Å². The van der Waals surface area contributed by atoms with Crippen LogP contribution in [-0.2, 0) is 16.6 Å². The van der Waals surface area contributed by atoms with Crippen molar-refractivity contribution in [2.45, 2.75) is 44.9 Å². The van der Waals surface area contributed by atoms with E-state index in [9.17, 15) is 4.79 Å². The first kappa shape index (κ1) is 9.37. The molecule has 1 aromatic rings. The van der Waals surface area contributed by atoms with Crippen LogP contribution in [0.2, 0.25) is 0 Å². The van der Waals surface area contributed by atoms with E-state index in [0.717, 1.165) is 18.7 Å². The Balaban J connectivity index is 1.99. The zero-order chi connectivity index (χ0) is 10.2. The van der Waals surface area contributed by atoms with Crippen LogP contribution in [0.15, 0.2) is 4.52 Å². The maximum absolute atomic E-state index is 10.7. The van der Waals surface area contributed by atoms with Gasteiger partial charge in [0.15, 0.2) is 5.82 Å². The highest BCUT2D eigenvalue weighted by molar-refractivity contribution is 5.75. The van der Waals surface area contributed by atoms with Gasteiger partial charge in [0.05, 0.1) is 0 Å². The number of aryl methyl sites for hydroxylation is 1. The molecule has 1 heterocycles. The van der Waals surface area contributed by atoms with Crippen LogP contribution >= 0.6 is 0 Å². The van der Waals surface area contributed by atoms with E-state index < -0.39 is 0 Å². The van der Waals surface area contributed by atoms with Gasteiger partial charge in [-0.1, -0.05) is 12.1 Å². The third-order valence-electron chi connectivity index (χ3n) is 2.70. The fourth-order valence-corrected chi connectivity index (χ4v) is 1.30. The Labute approximate surface area is 82.7 Å². The van der Waals surface area contributed by atoms with Crippen LogP contribution in [0.3, 0.4) is 0 Å². The Hall–Kier alpha value is -1.19. The van der Waals surface area contributed by atoms with E-state index >= 15 is 0 Å². The molecule has 1 saturated carbocycles. The summed E-state index contributed by atoms with van der Waals surface area (Å²) in [5.41, 5.74) is 0.151. The highest BCUT2D eigenvalue weighted by atomic mass is 16.5. The first-order chi connectivity index (χ1) is 6.60. The van der Waals surface area contributed by atoms with Crippen molar-refractivity contribution in [1.29, 1.82) is 0 Å². The van der Waals surface area contributed by atoms with Gasteiger partial charge in [-0.2, -0.15) is 4.98 Å². The van der Waals surface area contributed by atoms with E-state index in [-0.39, 0.29) is 11.2 Å². The molecular weight excluding hydrogens is 180 g/mol. The predicted molar refractivity (Wildman–Crippen MR) is 49.9 cm³/mol. The second-order valence-electron chi connectivity index (χ2n) is 4.27. The third kappa shape index (κ3) is 1.84. The molecule has 1 aromatic heterocycles. The number of hydrogen-bond acceptors (Lipinski definition) is 4. The standard InChI is InChI=1S/C10H14N2O2/c1-7(13)3-4-8-11-9(12-14-8)10(2)5-6-10/h3-6H2,1-2H3. The lowest BCUT2D eigenvalue weighted by molar-refractivity contribution is -0.117. The third-order valence-corrected chi connectivity index (χ3v) is 2.70. The van der Waals surface area contributed by atoms with Gasteiger partial charge in [-0.05, 0) is 19.8 Å². The van der Waals surface area contributed by atoms with Crippen LogP contribution in [0.25, 0.3) is 0 Å². The monoisotopic (exact) mass is 194 g/mol. The minimum absolute atomic E-state index is 0.151. The summed E-state index contributed by atoms with van der Waals surface area (Å²) in [5.74, 6) is 1.54. The molecule has 0 bridgehead atoms. The van der Waals surface area contributed by atoms with Gasteiger partial charge in [-0.3, -0.25) is 0 Å². The zero-order valence-corrected chi connectivity index (χ0v) is 8.54. The number of rotatable bonds is 4. The van der Waals surface area contributed by atoms with Crippen molar-refractivity contribution < 1.29 is 9.32 Å². The summed E-state index contributed by atoms with van der Waals surface area (Å²) in [5, 5.41) is 3.93. The minimum Gasteiger partial charge on any atom is -0.339 e. The van der Waals surface area contributed by atoms with Crippen molar-refractivity contribution in [3.05, 3.63) is 11.7 Å². The summed E-state index contributed by atoms with van der Waals surface area (Å²) in [6, 6.07) is 0. The second kappa shape index (κ2) is 3.19. The Morgan fingerprint density at radius 3 is 2.86 bits per heavy atom. The molecule has 14 heavy (non-hydrogen) atoms. The van der Waals surface area contributed by atoms with Crippen LogP contribution in [0.1, 0.15) is 44.8 Å². The van der Waals surface area contributed by atoms with Gasteiger partial charge in [-0.15, -0.1) is 0 Å². The molecule has 4 heteroatoms. The fourth-order valence-electron chi connectivity index (χ4n) is 1.30. The van der Waals surface area contributed by atoms with Crippen molar-refractivity contribution in [1.82, 2.24) is 10.1 Å². The Morgan fingerprint density at radius 1 is 1.57 bits per heavy atom. The van der Waals surface area contributed by atoms with Crippen molar-refractivity contribution in [3.63, 3.8) is 0 Å². The Morgan fingerprint density at radius 2 is 2.29 bits per heavy atom. The first-order valence-electron chi connectivity index (χ1n) is 4.93. The zero-order valence-electron chi connectivity index (χ0n) is 8.54. The molecule has 0 aliphatic heterocycles. The van der Waals surface area contributed by atoms with Gasteiger partial charge >= 0.3 is 0 Å². The molecule has 76 valence electrons. The summed E-state index contributed by atoms with van der Waals surface area (Å²) >= 11 is 0. The second-order valence-corrected chi connectivity index (χ2v) is 4.27. The fraction of sp³-hybridized carbons (Fsp3) is 0.700. The number of carbonyl (C=O) groups is 1. The van der Waals surface area contributed by atoms with Crippen molar-refractivity contribution in [2.75, 3.05) is 0 Å². The SMILES string of the molecule is CC(=O)CCc1nc(C2(C)CC2)no1. The highest BCUT2D eigenvalue weighted by Crippen LogP contribution is 2.45. The summed E-state index contributed by atoms with van der Waals surface area (Å²) < 4.78 is 5.07. The number of ketones is 1. The van der Waals surface area contributed by atoms with Crippen molar-refractivity contribution >= 4 is 5.78 Å². The molecule has 0 N–H and O–H groups in total.